The van der Waals surface area contributed by atoms with Crippen molar-refractivity contribution in [3.8, 4) is 11.1 Å². The summed E-state index contributed by atoms with van der Waals surface area (Å²) in [7, 11) is 0. The van der Waals surface area contributed by atoms with Crippen LogP contribution in [0.5, 0.6) is 0 Å². The first-order valence-electron chi connectivity index (χ1n) is 4.77. The van der Waals surface area contributed by atoms with E-state index in [1.165, 1.54) is 18.3 Å². The standard InChI is InChI=1S/C11H6Cl2N2O3/c12-7-2-1-5(3-8(7)13)6-4-14-15-10(16)9(6)11(17)18/h1-4H,(H,15,16)(H,17,18). The van der Waals surface area contributed by atoms with Crippen molar-refractivity contribution in [3.05, 3.63) is 50.4 Å². The highest BCUT2D eigenvalue weighted by Crippen LogP contribution is 2.28. The van der Waals surface area contributed by atoms with Gasteiger partial charge in [-0.2, -0.15) is 5.10 Å². The van der Waals surface area contributed by atoms with Crippen molar-refractivity contribution >= 4 is 29.2 Å². The first-order valence-corrected chi connectivity index (χ1v) is 5.52. The van der Waals surface area contributed by atoms with Crippen molar-refractivity contribution in [2.24, 2.45) is 0 Å². The van der Waals surface area contributed by atoms with Gasteiger partial charge in [0.25, 0.3) is 5.56 Å². The van der Waals surface area contributed by atoms with E-state index in [0.29, 0.717) is 10.6 Å². The van der Waals surface area contributed by atoms with Crippen LogP contribution in [0, 0.1) is 0 Å². The predicted octanol–water partition coefficient (Wildman–Crippen LogP) is 2.44. The molecule has 0 aliphatic rings. The van der Waals surface area contributed by atoms with Gasteiger partial charge in [-0.25, -0.2) is 9.89 Å². The van der Waals surface area contributed by atoms with Crippen molar-refractivity contribution in [1.82, 2.24) is 10.2 Å². The summed E-state index contributed by atoms with van der Waals surface area (Å²) < 4.78 is 0. The molecule has 0 spiro atoms. The molecule has 0 unspecified atom stereocenters. The maximum Gasteiger partial charge on any atom is 0.342 e. The highest BCUT2D eigenvalue weighted by atomic mass is 35.5. The Kier molecular flexibility index (Phi) is 3.36. The number of aromatic amines is 1. The summed E-state index contributed by atoms with van der Waals surface area (Å²) in [5.74, 6) is -1.33. The minimum absolute atomic E-state index is 0.185. The molecule has 7 heteroatoms. The minimum Gasteiger partial charge on any atom is -0.477 e. The molecule has 1 aromatic carbocycles. The Balaban J connectivity index is 2.71. The van der Waals surface area contributed by atoms with E-state index in [-0.39, 0.29) is 16.1 Å². The molecule has 0 saturated carbocycles. The lowest BCUT2D eigenvalue weighted by Gasteiger charge is -2.05. The quantitative estimate of drug-likeness (QED) is 0.887. The molecule has 0 aliphatic heterocycles. The molecule has 0 atom stereocenters. The van der Waals surface area contributed by atoms with E-state index in [2.05, 4.69) is 10.2 Å². The number of aromatic nitrogens is 2. The van der Waals surface area contributed by atoms with Gasteiger partial charge in [-0.1, -0.05) is 29.3 Å². The zero-order chi connectivity index (χ0) is 13.3. The Hall–Kier alpha value is -1.85. The van der Waals surface area contributed by atoms with E-state index in [1.807, 2.05) is 0 Å². The molecule has 0 bridgehead atoms. The Morgan fingerprint density at radius 2 is 2.00 bits per heavy atom. The van der Waals surface area contributed by atoms with Crippen LogP contribution in [-0.4, -0.2) is 21.3 Å². The number of halogens is 2. The van der Waals surface area contributed by atoms with Gasteiger partial charge in [0.2, 0.25) is 0 Å². The number of rotatable bonds is 2. The number of nitrogens with one attached hydrogen (secondary N) is 1. The molecule has 2 N–H and O–H groups in total. The summed E-state index contributed by atoms with van der Waals surface area (Å²) in [6, 6.07) is 4.57. The van der Waals surface area contributed by atoms with Crippen molar-refractivity contribution in [2.75, 3.05) is 0 Å². The molecule has 92 valence electrons. The number of carbonyl (C=O) groups is 1. The van der Waals surface area contributed by atoms with E-state index >= 15 is 0 Å². The van der Waals surface area contributed by atoms with Gasteiger partial charge in [0, 0.05) is 5.56 Å². The van der Waals surface area contributed by atoms with Crippen molar-refractivity contribution in [2.45, 2.75) is 0 Å². The maximum atomic E-state index is 11.4. The lowest BCUT2D eigenvalue weighted by Crippen LogP contribution is -2.19. The summed E-state index contributed by atoms with van der Waals surface area (Å²) in [5.41, 5.74) is -0.514. The molecule has 2 rings (SSSR count). The highest BCUT2D eigenvalue weighted by Gasteiger charge is 2.17. The van der Waals surface area contributed by atoms with Crippen LogP contribution >= 0.6 is 23.2 Å². The monoisotopic (exact) mass is 284 g/mol. The Labute approximate surface area is 111 Å². The number of H-pyrrole nitrogens is 1. The van der Waals surface area contributed by atoms with Gasteiger partial charge in [-0.05, 0) is 17.7 Å². The minimum atomic E-state index is -1.33. The fourth-order valence-corrected chi connectivity index (χ4v) is 1.79. The van der Waals surface area contributed by atoms with Crippen LogP contribution in [0.1, 0.15) is 10.4 Å². The average molecular weight is 285 g/mol. The molecule has 5 nitrogen and oxygen atoms in total. The van der Waals surface area contributed by atoms with Gasteiger partial charge in [0.1, 0.15) is 5.56 Å². The van der Waals surface area contributed by atoms with Crippen LogP contribution in [0.2, 0.25) is 10.0 Å². The van der Waals surface area contributed by atoms with Crippen molar-refractivity contribution in [3.63, 3.8) is 0 Å². The Bertz CT molecular complexity index is 682. The lowest BCUT2D eigenvalue weighted by molar-refractivity contribution is 0.0695. The second kappa shape index (κ2) is 4.80. The van der Waals surface area contributed by atoms with Gasteiger partial charge >= 0.3 is 5.97 Å². The smallest absolute Gasteiger partial charge is 0.342 e. The predicted molar refractivity (Wildman–Crippen MR) is 67.3 cm³/mol. The third kappa shape index (κ3) is 2.23. The summed E-state index contributed by atoms with van der Waals surface area (Å²) in [6.07, 6.45) is 1.25. The van der Waals surface area contributed by atoms with Crippen molar-refractivity contribution < 1.29 is 9.90 Å². The van der Waals surface area contributed by atoms with E-state index in [1.54, 1.807) is 6.07 Å². The van der Waals surface area contributed by atoms with Gasteiger partial charge in [-0.15, -0.1) is 0 Å². The normalized spacial score (nSPS) is 10.3. The Morgan fingerprint density at radius 3 is 2.61 bits per heavy atom. The zero-order valence-electron chi connectivity index (χ0n) is 8.78. The van der Waals surface area contributed by atoms with E-state index in [9.17, 15) is 9.59 Å². The summed E-state index contributed by atoms with van der Waals surface area (Å²) in [6.45, 7) is 0. The van der Waals surface area contributed by atoms with Gasteiger partial charge in [-0.3, -0.25) is 4.79 Å². The fraction of sp³-hybridized carbons (Fsp3) is 0. The molecule has 0 fully saturated rings. The van der Waals surface area contributed by atoms with Gasteiger partial charge < -0.3 is 5.11 Å². The number of carboxylic acid groups (broad SMARTS) is 1. The molecule has 1 heterocycles. The van der Waals surface area contributed by atoms with E-state index < -0.39 is 11.5 Å². The molecular weight excluding hydrogens is 279 g/mol. The maximum absolute atomic E-state index is 11.4. The van der Waals surface area contributed by atoms with E-state index in [4.69, 9.17) is 28.3 Å². The zero-order valence-corrected chi connectivity index (χ0v) is 10.3. The molecule has 0 amide bonds. The number of hydrogen-bond donors (Lipinski definition) is 2. The summed E-state index contributed by atoms with van der Waals surface area (Å²) in [5, 5.41) is 15.3. The van der Waals surface area contributed by atoms with E-state index in [0.717, 1.165) is 0 Å². The molecule has 0 saturated heterocycles. The number of carboxylic acids is 1. The third-order valence-corrected chi connectivity index (χ3v) is 3.04. The summed E-state index contributed by atoms with van der Waals surface area (Å²) in [4.78, 5) is 22.5. The second-order valence-corrected chi connectivity index (χ2v) is 4.24. The van der Waals surface area contributed by atoms with Crippen LogP contribution in [0.15, 0.2) is 29.2 Å². The molecule has 2 aromatic rings. The van der Waals surface area contributed by atoms with Crippen LogP contribution in [-0.2, 0) is 0 Å². The van der Waals surface area contributed by atoms with Gasteiger partial charge in [0.05, 0.1) is 16.2 Å². The van der Waals surface area contributed by atoms with Gasteiger partial charge in [0.15, 0.2) is 0 Å². The SMILES string of the molecule is O=C(O)c1c(-c2ccc(Cl)c(Cl)c2)cn[nH]c1=O. The van der Waals surface area contributed by atoms with Crippen LogP contribution < -0.4 is 5.56 Å². The van der Waals surface area contributed by atoms with Crippen molar-refractivity contribution in [1.29, 1.82) is 0 Å². The molecule has 1 aromatic heterocycles. The number of benzene rings is 1. The highest BCUT2D eigenvalue weighted by molar-refractivity contribution is 6.42. The van der Waals surface area contributed by atoms with Crippen LogP contribution in [0.4, 0.5) is 0 Å². The Morgan fingerprint density at radius 1 is 1.28 bits per heavy atom. The number of aromatic carboxylic acids is 1. The van der Waals surface area contributed by atoms with Crippen LogP contribution in [0.3, 0.4) is 0 Å². The molecule has 0 radical (unpaired) electrons. The second-order valence-electron chi connectivity index (χ2n) is 3.42. The molecule has 18 heavy (non-hydrogen) atoms. The number of nitrogens with zero attached hydrogens (tertiary/aromatic N) is 1. The summed E-state index contributed by atoms with van der Waals surface area (Å²) >= 11 is 11.6. The fourth-order valence-electron chi connectivity index (χ4n) is 1.49. The molecule has 0 aliphatic carbocycles. The third-order valence-electron chi connectivity index (χ3n) is 2.30. The van der Waals surface area contributed by atoms with Crippen LogP contribution in [0.25, 0.3) is 11.1 Å². The topological polar surface area (TPSA) is 83.0 Å². The molecular formula is C11H6Cl2N2O3. The average Bonchev–Trinajstić information content (AvgIpc) is 2.32. The largest absolute Gasteiger partial charge is 0.477 e. The first kappa shape index (κ1) is 12.6. The lowest BCUT2D eigenvalue weighted by atomic mass is 10.0. The number of hydrogen-bond acceptors (Lipinski definition) is 3. The first-order chi connectivity index (χ1) is 8.50.